The van der Waals surface area contributed by atoms with Gasteiger partial charge in [-0.1, -0.05) is 0 Å². The van der Waals surface area contributed by atoms with Crippen LogP contribution in [0.3, 0.4) is 0 Å². The Morgan fingerprint density at radius 2 is 2.46 bits per heavy atom. The molecule has 1 aromatic heterocycles. The number of rotatable bonds is 4. The Kier molecular flexibility index (Phi) is 3.02. The Morgan fingerprint density at radius 1 is 1.77 bits per heavy atom. The number of carbonyl (C=O) groups is 1. The van der Waals surface area contributed by atoms with Gasteiger partial charge in [0.1, 0.15) is 0 Å². The van der Waals surface area contributed by atoms with Crippen LogP contribution >= 0.6 is 0 Å². The van der Waals surface area contributed by atoms with E-state index in [4.69, 9.17) is 11.5 Å². The van der Waals surface area contributed by atoms with Crippen LogP contribution < -0.4 is 11.5 Å². The number of carbonyl (C=O) groups excluding carboxylic acids is 1. The van der Waals surface area contributed by atoms with E-state index in [-0.39, 0.29) is 12.5 Å². The molecule has 0 radical (unpaired) electrons. The summed E-state index contributed by atoms with van der Waals surface area (Å²) in [6.45, 7) is 2.85. The molecule has 4 N–H and O–H groups in total. The second-order valence-corrected chi connectivity index (χ2v) is 2.91. The Morgan fingerprint density at radius 3 is 2.92 bits per heavy atom. The number of hydrogen-bond acceptors (Lipinski definition) is 3. The number of amides is 1. The van der Waals surface area contributed by atoms with Crippen molar-refractivity contribution in [3.8, 4) is 0 Å². The second-order valence-electron chi connectivity index (χ2n) is 2.91. The molecule has 0 aromatic carbocycles. The van der Waals surface area contributed by atoms with Gasteiger partial charge in [-0.3, -0.25) is 4.79 Å². The van der Waals surface area contributed by atoms with Crippen LogP contribution in [-0.2, 0) is 11.3 Å². The maximum atomic E-state index is 10.6. The molecule has 1 aromatic rings. The van der Waals surface area contributed by atoms with Gasteiger partial charge in [0.25, 0.3) is 0 Å². The lowest BCUT2D eigenvalue weighted by Crippen LogP contribution is -2.20. The molecule has 0 saturated carbocycles. The summed E-state index contributed by atoms with van der Waals surface area (Å²) in [5, 5.41) is 0. The lowest BCUT2D eigenvalue weighted by Gasteiger charge is -2.04. The minimum Gasteiger partial charge on any atom is -0.370 e. The van der Waals surface area contributed by atoms with Gasteiger partial charge in [0.15, 0.2) is 0 Å². The van der Waals surface area contributed by atoms with E-state index in [2.05, 4.69) is 4.98 Å². The normalized spacial score (nSPS) is 12.8. The molecule has 0 aliphatic carbocycles. The molecule has 1 unspecified atom stereocenters. The van der Waals surface area contributed by atoms with Gasteiger partial charge in [-0.2, -0.15) is 0 Å². The highest BCUT2D eigenvalue weighted by atomic mass is 16.1. The third kappa shape index (κ3) is 2.55. The summed E-state index contributed by atoms with van der Waals surface area (Å²) in [6, 6.07) is -0.384. The van der Waals surface area contributed by atoms with Crippen LogP contribution in [0, 0.1) is 0 Å². The van der Waals surface area contributed by atoms with E-state index in [0.29, 0.717) is 5.69 Å². The molecular formula is C8H14N4O. The van der Waals surface area contributed by atoms with E-state index in [1.165, 1.54) is 0 Å². The van der Waals surface area contributed by atoms with E-state index in [0.717, 1.165) is 6.54 Å². The molecule has 1 atom stereocenters. The molecule has 0 bridgehead atoms. The molecule has 1 rings (SSSR count). The zero-order valence-corrected chi connectivity index (χ0v) is 7.60. The van der Waals surface area contributed by atoms with Gasteiger partial charge in [0, 0.05) is 19.2 Å². The molecule has 13 heavy (non-hydrogen) atoms. The molecular weight excluding hydrogens is 168 g/mol. The fraction of sp³-hybridized carbons (Fsp3) is 0.500. The number of imidazole rings is 1. The van der Waals surface area contributed by atoms with Crippen molar-refractivity contribution in [2.75, 3.05) is 0 Å². The number of aryl methyl sites for hydroxylation is 1. The first kappa shape index (κ1) is 9.73. The van der Waals surface area contributed by atoms with E-state index in [1.807, 2.05) is 17.7 Å². The number of nitrogens with zero attached hydrogens (tertiary/aromatic N) is 2. The zero-order valence-electron chi connectivity index (χ0n) is 7.60. The number of primary amides is 1. The van der Waals surface area contributed by atoms with Gasteiger partial charge >= 0.3 is 0 Å². The van der Waals surface area contributed by atoms with Crippen molar-refractivity contribution in [3.63, 3.8) is 0 Å². The molecule has 0 fully saturated rings. The molecule has 1 amide bonds. The molecule has 72 valence electrons. The van der Waals surface area contributed by atoms with Crippen LogP contribution in [0.1, 0.15) is 25.1 Å². The average molecular weight is 182 g/mol. The van der Waals surface area contributed by atoms with E-state index in [1.54, 1.807) is 6.33 Å². The average Bonchev–Trinajstić information content (AvgIpc) is 2.50. The van der Waals surface area contributed by atoms with Crippen LogP contribution in [0.4, 0.5) is 0 Å². The lowest BCUT2D eigenvalue weighted by molar-refractivity contribution is -0.118. The van der Waals surface area contributed by atoms with Crippen molar-refractivity contribution in [2.45, 2.75) is 25.9 Å². The van der Waals surface area contributed by atoms with Crippen molar-refractivity contribution in [3.05, 3.63) is 18.2 Å². The minimum atomic E-state index is -0.404. The van der Waals surface area contributed by atoms with Gasteiger partial charge in [-0.25, -0.2) is 4.98 Å². The standard InChI is InChI=1S/C8H14N4O/c1-2-12-4-7(11-5-12)6(9)3-8(10)13/h4-6H,2-3,9H2,1H3,(H2,10,13). The summed E-state index contributed by atoms with van der Waals surface area (Å²) in [5.41, 5.74) is 11.4. The highest BCUT2D eigenvalue weighted by molar-refractivity contribution is 5.74. The number of aromatic nitrogens is 2. The largest absolute Gasteiger partial charge is 0.370 e. The van der Waals surface area contributed by atoms with Crippen molar-refractivity contribution < 1.29 is 4.79 Å². The first-order chi connectivity index (χ1) is 6.13. The third-order valence-corrected chi connectivity index (χ3v) is 1.82. The maximum absolute atomic E-state index is 10.6. The second kappa shape index (κ2) is 4.04. The molecule has 5 nitrogen and oxygen atoms in total. The topological polar surface area (TPSA) is 86.9 Å². The molecule has 1 heterocycles. The predicted molar refractivity (Wildman–Crippen MR) is 48.6 cm³/mol. The monoisotopic (exact) mass is 182 g/mol. The van der Waals surface area contributed by atoms with Crippen LogP contribution in [0.15, 0.2) is 12.5 Å². The number of nitrogens with two attached hydrogens (primary N) is 2. The third-order valence-electron chi connectivity index (χ3n) is 1.82. The summed E-state index contributed by atoms with van der Waals surface area (Å²) in [4.78, 5) is 14.6. The van der Waals surface area contributed by atoms with E-state index >= 15 is 0 Å². The molecule has 5 heteroatoms. The molecule has 0 aliphatic rings. The summed E-state index contributed by atoms with van der Waals surface area (Å²) in [7, 11) is 0. The summed E-state index contributed by atoms with van der Waals surface area (Å²) in [5.74, 6) is -0.404. The Bertz CT molecular complexity index is 294. The minimum absolute atomic E-state index is 0.140. The smallest absolute Gasteiger partial charge is 0.219 e. The molecule has 0 saturated heterocycles. The van der Waals surface area contributed by atoms with Crippen molar-refractivity contribution >= 4 is 5.91 Å². The van der Waals surface area contributed by atoms with Gasteiger partial charge in [0.2, 0.25) is 5.91 Å². The molecule has 0 aliphatic heterocycles. The van der Waals surface area contributed by atoms with Crippen LogP contribution in [0.25, 0.3) is 0 Å². The van der Waals surface area contributed by atoms with Gasteiger partial charge in [-0.05, 0) is 6.92 Å². The Hall–Kier alpha value is -1.36. The lowest BCUT2D eigenvalue weighted by atomic mass is 10.1. The van der Waals surface area contributed by atoms with E-state index < -0.39 is 5.91 Å². The summed E-state index contributed by atoms with van der Waals surface area (Å²) >= 11 is 0. The summed E-state index contributed by atoms with van der Waals surface area (Å²) in [6.07, 6.45) is 3.66. The zero-order chi connectivity index (χ0) is 9.84. The Labute approximate surface area is 76.7 Å². The van der Waals surface area contributed by atoms with Crippen LogP contribution in [-0.4, -0.2) is 15.5 Å². The maximum Gasteiger partial charge on any atom is 0.219 e. The van der Waals surface area contributed by atoms with E-state index in [9.17, 15) is 4.79 Å². The van der Waals surface area contributed by atoms with Gasteiger partial charge in [0.05, 0.1) is 18.1 Å². The first-order valence-corrected chi connectivity index (χ1v) is 4.19. The van der Waals surface area contributed by atoms with Crippen molar-refractivity contribution in [2.24, 2.45) is 11.5 Å². The predicted octanol–water partition coefficient (Wildman–Crippen LogP) is -0.222. The molecule has 0 spiro atoms. The first-order valence-electron chi connectivity index (χ1n) is 4.19. The van der Waals surface area contributed by atoms with Gasteiger partial charge < -0.3 is 16.0 Å². The quantitative estimate of drug-likeness (QED) is 0.674. The highest BCUT2D eigenvalue weighted by Crippen LogP contribution is 2.10. The highest BCUT2D eigenvalue weighted by Gasteiger charge is 2.11. The SMILES string of the molecule is CCn1cnc(C(N)CC(N)=O)c1. The van der Waals surface area contributed by atoms with Crippen LogP contribution in [0.5, 0.6) is 0 Å². The van der Waals surface area contributed by atoms with Crippen molar-refractivity contribution in [1.29, 1.82) is 0 Å². The van der Waals surface area contributed by atoms with Crippen molar-refractivity contribution in [1.82, 2.24) is 9.55 Å². The Balaban J connectivity index is 2.65. The number of hydrogen-bond donors (Lipinski definition) is 2. The fourth-order valence-corrected chi connectivity index (χ4v) is 1.06. The summed E-state index contributed by atoms with van der Waals surface area (Å²) < 4.78 is 1.90. The van der Waals surface area contributed by atoms with Crippen LogP contribution in [0.2, 0.25) is 0 Å². The fourth-order valence-electron chi connectivity index (χ4n) is 1.06. The van der Waals surface area contributed by atoms with Gasteiger partial charge in [-0.15, -0.1) is 0 Å².